The molecule has 186 valence electrons. The van der Waals surface area contributed by atoms with Crippen molar-refractivity contribution in [1.82, 2.24) is 4.90 Å². The molecule has 1 aliphatic heterocycles. The molecule has 0 atom stereocenters. The summed E-state index contributed by atoms with van der Waals surface area (Å²) in [6.45, 7) is 3.94. The van der Waals surface area contributed by atoms with Crippen molar-refractivity contribution in [2.24, 2.45) is 0 Å². The van der Waals surface area contributed by atoms with E-state index in [-0.39, 0.29) is 11.9 Å². The second-order valence-electron chi connectivity index (χ2n) is 9.55. The standard InChI is InChI=1S/C31H27ClN2O3/c1-31(2)29(35)34(26-14-18-28(19-15-26)37-27-16-12-25(32)13-17-27)30(36)33(31)21-24-11-7-6-10-23(24)20-22-8-4-3-5-9-22/h3-19H,20-21H2,1-2H3. The van der Waals surface area contributed by atoms with Crippen molar-refractivity contribution in [2.75, 3.05) is 4.90 Å². The molecule has 1 saturated heterocycles. The number of carbonyl (C=O) groups excluding carboxylic acids is 2. The number of hydrogen-bond donors (Lipinski definition) is 0. The van der Waals surface area contributed by atoms with Gasteiger partial charge in [0.15, 0.2) is 0 Å². The van der Waals surface area contributed by atoms with Gasteiger partial charge in [-0.05, 0) is 85.5 Å². The van der Waals surface area contributed by atoms with Crippen molar-refractivity contribution < 1.29 is 14.3 Å². The maximum absolute atomic E-state index is 13.6. The first-order valence-corrected chi connectivity index (χ1v) is 12.5. The molecule has 0 bridgehead atoms. The van der Waals surface area contributed by atoms with Crippen LogP contribution in [0.5, 0.6) is 11.5 Å². The highest BCUT2D eigenvalue weighted by molar-refractivity contribution is 6.30. The van der Waals surface area contributed by atoms with Gasteiger partial charge in [-0.25, -0.2) is 9.69 Å². The monoisotopic (exact) mass is 510 g/mol. The van der Waals surface area contributed by atoms with Crippen LogP contribution < -0.4 is 9.64 Å². The number of amides is 3. The Morgan fingerprint density at radius 3 is 1.95 bits per heavy atom. The molecule has 37 heavy (non-hydrogen) atoms. The fourth-order valence-electron chi connectivity index (χ4n) is 4.50. The molecule has 0 aliphatic carbocycles. The molecular formula is C31H27ClN2O3. The molecule has 5 nitrogen and oxygen atoms in total. The first-order chi connectivity index (χ1) is 17.8. The van der Waals surface area contributed by atoms with Gasteiger partial charge in [-0.3, -0.25) is 4.79 Å². The van der Waals surface area contributed by atoms with Crippen LogP contribution in [0.15, 0.2) is 103 Å². The molecule has 0 saturated carbocycles. The van der Waals surface area contributed by atoms with Crippen LogP contribution in [0.2, 0.25) is 5.02 Å². The maximum Gasteiger partial charge on any atom is 0.332 e. The number of carbonyl (C=O) groups is 2. The number of rotatable bonds is 7. The topological polar surface area (TPSA) is 49.9 Å². The predicted molar refractivity (Wildman–Crippen MR) is 146 cm³/mol. The van der Waals surface area contributed by atoms with Crippen LogP contribution in [0.3, 0.4) is 0 Å². The lowest BCUT2D eigenvalue weighted by molar-refractivity contribution is -0.123. The average molecular weight is 511 g/mol. The molecule has 4 aromatic rings. The van der Waals surface area contributed by atoms with Gasteiger partial charge in [0, 0.05) is 11.6 Å². The fraction of sp³-hybridized carbons (Fsp3) is 0.161. The van der Waals surface area contributed by atoms with Crippen LogP contribution in [0.1, 0.15) is 30.5 Å². The molecule has 1 heterocycles. The summed E-state index contributed by atoms with van der Waals surface area (Å²) < 4.78 is 5.85. The van der Waals surface area contributed by atoms with Gasteiger partial charge in [0.2, 0.25) is 0 Å². The average Bonchev–Trinajstić information content (AvgIpc) is 3.07. The molecule has 1 aliphatic rings. The molecule has 3 amide bonds. The van der Waals surface area contributed by atoms with E-state index in [0.717, 1.165) is 17.5 Å². The van der Waals surface area contributed by atoms with Gasteiger partial charge < -0.3 is 9.64 Å². The fourth-order valence-corrected chi connectivity index (χ4v) is 4.63. The Hall–Kier alpha value is -4.09. The largest absolute Gasteiger partial charge is 0.457 e. The molecule has 4 aromatic carbocycles. The zero-order chi connectivity index (χ0) is 26.0. The molecule has 1 fully saturated rings. The van der Waals surface area contributed by atoms with Crippen LogP contribution in [-0.2, 0) is 17.8 Å². The van der Waals surface area contributed by atoms with Crippen LogP contribution in [-0.4, -0.2) is 22.4 Å². The summed E-state index contributed by atoms with van der Waals surface area (Å²) in [7, 11) is 0. The third-order valence-electron chi connectivity index (χ3n) is 6.65. The summed E-state index contributed by atoms with van der Waals surface area (Å²) >= 11 is 5.94. The Balaban J connectivity index is 1.36. The summed E-state index contributed by atoms with van der Waals surface area (Å²) in [5.41, 5.74) is 2.86. The molecule has 0 spiro atoms. The second-order valence-corrected chi connectivity index (χ2v) is 9.99. The third-order valence-corrected chi connectivity index (χ3v) is 6.90. The maximum atomic E-state index is 13.6. The Morgan fingerprint density at radius 1 is 0.730 bits per heavy atom. The van der Waals surface area contributed by atoms with Gasteiger partial charge in [0.05, 0.1) is 5.69 Å². The summed E-state index contributed by atoms with van der Waals surface area (Å²) in [5, 5.41) is 0.628. The number of urea groups is 1. The van der Waals surface area contributed by atoms with Crippen LogP contribution >= 0.6 is 11.6 Å². The highest BCUT2D eigenvalue weighted by Gasteiger charge is 2.51. The van der Waals surface area contributed by atoms with E-state index >= 15 is 0 Å². The Labute approximate surface area is 221 Å². The van der Waals surface area contributed by atoms with Crippen molar-refractivity contribution in [3.8, 4) is 11.5 Å². The minimum atomic E-state index is -0.991. The summed E-state index contributed by atoms with van der Waals surface area (Å²) in [6.07, 6.45) is 0.756. The number of halogens is 1. The van der Waals surface area contributed by atoms with Gasteiger partial charge in [-0.1, -0.05) is 66.2 Å². The highest BCUT2D eigenvalue weighted by atomic mass is 35.5. The zero-order valence-corrected chi connectivity index (χ0v) is 21.5. The lowest BCUT2D eigenvalue weighted by Gasteiger charge is -2.28. The molecule has 6 heteroatoms. The van der Waals surface area contributed by atoms with E-state index in [9.17, 15) is 9.59 Å². The lowest BCUT2D eigenvalue weighted by atomic mass is 9.97. The minimum Gasteiger partial charge on any atom is -0.457 e. The van der Waals surface area contributed by atoms with Gasteiger partial charge in [0.1, 0.15) is 17.0 Å². The number of ether oxygens (including phenoxy) is 1. The molecular weight excluding hydrogens is 484 g/mol. The van der Waals surface area contributed by atoms with Crippen LogP contribution in [0.4, 0.5) is 10.5 Å². The zero-order valence-electron chi connectivity index (χ0n) is 20.7. The normalized spacial score (nSPS) is 14.8. The molecule has 5 rings (SSSR count). The Bertz CT molecular complexity index is 1420. The van der Waals surface area contributed by atoms with Crippen molar-refractivity contribution in [1.29, 1.82) is 0 Å². The van der Waals surface area contributed by atoms with E-state index in [1.165, 1.54) is 10.5 Å². The van der Waals surface area contributed by atoms with Crippen LogP contribution in [0, 0.1) is 0 Å². The predicted octanol–water partition coefficient (Wildman–Crippen LogP) is 7.47. The quantitative estimate of drug-likeness (QED) is 0.242. The lowest BCUT2D eigenvalue weighted by Crippen LogP contribution is -2.43. The molecule has 0 unspecified atom stereocenters. The van der Waals surface area contributed by atoms with Gasteiger partial charge in [-0.2, -0.15) is 0 Å². The first kappa shape index (κ1) is 24.6. The van der Waals surface area contributed by atoms with Gasteiger partial charge >= 0.3 is 6.03 Å². The molecule has 0 aromatic heterocycles. The number of anilines is 1. The van der Waals surface area contributed by atoms with E-state index in [1.807, 2.05) is 36.4 Å². The smallest absolute Gasteiger partial charge is 0.332 e. The first-order valence-electron chi connectivity index (χ1n) is 12.1. The Kier molecular flexibility index (Phi) is 6.72. The summed E-state index contributed by atoms with van der Waals surface area (Å²) in [4.78, 5) is 29.9. The van der Waals surface area contributed by atoms with E-state index < -0.39 is 5.54 Å². The van der Waals surface area contributed by atoms with Crippen molar-refractivity contribution in [3.63, 3.8) is 0 Å². The van der Waals surface area contributed by atoms with Crippen molar-refractivity contribution in [3.05, 3.63) is 125 Å². The van der Waals surface area contributed by atoms with Gasteiger partial charge in [-0.15, -0.1) is 0 Å². The number of benzene rings is 4. The minimum absolute atomic E-state index is 0.260. The summed E-state index contributed by atoms with van der Waals surface area (Å²) in [5.74, 6) is 0.979. The number of imide groups is 1. The summed E-state index contributed by atoms with van der Waals surface area (Å²) in [6, 6.07) is 32.0. The SMILES string of the molecule is CC1(C)C(=O)N(c2ccc(Oc3ccc(Cl)cc3)cc2)C(=O)N1Cc1ccccc1Cc1ccccc1. The van der Waals surface area contributed by atoms with Gasteiger partial charge in [0.25, 0.3) is 5.91 Å². The van der Waals surface area contributed by atoms with Crippen molar-refractivity contribution >= 4 is 29.2 Å². The highest BCUT2D eigenvalue weighted by Crippen LogP contribution is 2.35. The molecule has 0 radical (unpaired) electrons. The van der Waals surface area contributed by atoms with E-state index in [1.54, 1.807) is 67.3 Å². The van der Waals surface area contributed by atoms with E-state index in [4.69, 9.17) is 16.3 Å². The number of nitrogens with zero attached hydrogens (tertiary/aromatic N) is 2. The molecule has 0 N–H and O–H groups in total. The third kappa shape index (κ3) is 5.09. The van der Waals surface area contributed by atoms with Crippen molar-refractivity contribution in [2.45, 2.75) is 32.4 Å². The van der Waals surface area contributed by atoms with Crippen LogP contribution in [0.25, 0.3) is 0 Å². The number of hydrogen-bond acceptors (Lipinski definition) is 3. The van der Waals surface area contributed by atoms with E-state index in [2.05, 4.69) is 18.2 Å². The van der Waals surface area contributed by atoms with E-state index in [0.29, 0.717) is 28.8 Å². The Morgan fingerprint density at radius 2 is 1.30 bits per heavy atom. The second kappa shape index (κ2) is 10.1.